The molecule has 0 saturated heterocycles. The van der Waals surface area contributed by atoms with Gasteiger partial charge < -0.3 is 9.47 Å². The molecule has 24 heavy (non-hydrogen) atoms. The van der Waals surface area contributed by atoms with Crippen LogP contribution >= 0.6 is 0 Å². The van der Waals surface area contributed by atoms with E-state index in [9.17, 15) is 9.59 Å². The minimum atomic E-state index is -0.369. The fourth-order valence-corrected chi connectivity index (χ4v) is 1.81. The zero-order valence-electron chi connectivity index (χ0n) is 15.8. The first-order chi connectivity index (χ1) is 11.0. The predicted octanol–water partition coefficient (Wildman–Crippen LogP) is 4.87. The van der Waals surface area contributed by atoms with Gasteiger partial charge >= 0.3 is 11.9 Å². The second kappa shape index (κ2) is 8.32. The normalized spacial score (nSPS) is 11.9. The second-order valence-electron chi connectivity index (χ2n) is 8.47. The van der Waals surface area contributed by atoms with Gasteiger partial charge in [0, 0.05) is 0 Å². The largest absolute Gasteiger partial charge is 0.462 e. The molecule has 0 amide bonds. The van der Waals surface area contributed by atoms with E-state index >= 15 is 0 Å². The van der Waals surface area contributed by atoms with Crippen LogP contribution in [-0.2, 0) is 9.47 Å². The number of rotatable bonds is 6. The zero-order chi connectivity index (χ0) is 18.4. The summed E-state index contributed by atoms with van der Waals surface area (Å²) < 4.78 is 10.5. The van der Waals surface area contributed by atoms with Crippen molar-refractivity contribution >= 4 is 11.9 Å². The van der Waals surface area contributed by atoms with E-state index in [2.05, 4.69) is 41.5 Å². The van der Waals surface area contributed by atoms with Crippen molar-refractivity contribution in [2.75, 3.05) is 13.2 Å². The first-order valence-electron chi connectivity index (χ1n) is 8.42. The Morgan fingerprint density at radius 2 is 1.00 bits per heavy atom. The lowest BCUT2D eigenvalue weighted by Crippen LogP contribution is -2.14. The highest BCUT2D eigenvalue weighted by Crippen LogP contribution is 2.19. The van der Waals surface area contributed by atoms with Crippen molar-refractivity contribution in [3.8, 4) is 0 Å². The van der Waals surface area contributed by atoms with Gasteiger partial charge in [-0.1, -0.05) is 41.5 Å². The van der Waals surface area contributed by atoms with Crippen LogP contribution in [0.2, 0.25) is 0 Å². The Balaban J connectivity index is 2.50. The second-order valence-corrected chi connectivity index (χ2v) is 8.47. The van der Waals surface area contributed by atoms with E-state index < -0.39 is 0 Å². The van der Waals surface area contributed by atoms with E-state index in [0.29, 0.717) is 24.3 Å². The molecule has 0 atom stereocenters. The van der Waals surface area contributed by atoms with E-state index in [1.807, 2.05) is 0 Å². The maximum atomic E-state index is 12.0. The lowest BCUT2D eigenvalue weighted by Gasteiger charge is -2.17. The van der Waals surface area contributed by atoms with Crippen LogP contribution in [-0.4, -0.2) is 25.2 Å². The summed E-state index contributed by atoms with van der Waals surface area (Å²) in [5.41, 5.74) is 1.13. The average Bonchev–Trinajstić information content (AvgIpc) is 2.44. The van der Waals surface area contributed by atoms with Crippen molar-refractivity contribution in [3.63, 3.8) is 0 Å². The number of benzene rings is 1. The van der Waals surface area contributed by atoms with Gasteiger partial charge in [0.05, 0.1) is 24.3 Å². The summed E-state index contributed by atoms with van der Waals surface area (Å²) in [7, 11) is 0. The Bertz CT molecular complexity index is 493. The molecular formula is C20H30O4. The molecule has 1 rings (SSSR count). The standard InChI is InChI=1S/C20H30O4/c1-19(2,3)11-13-23-17(21)15-7-9-16(10-8-15)18(22)24-14-12-20(4,5)6/h7-10H,11-14H2,1-6H3. The maximum absolute atomic E-state index is 12.0. The van der Waals surface area contributed by atoms with Crippen molar-refractivity contribution in [2.24, 2.45) is 10.8 Å². The number of hydrogen-bond donors (Lipinski definition) is 0. The molecule has 0 aromatic heterocycles. The summed E-state index contributed by atoms with van der Waals surface area (Å²) in [5, 5.41) is 0. The summed E-state index contributed by atoms with van der Waals surface area (Å²) in [5.74, 6) is -0.737. The van der Waals surface area contributed by atoms with E-state index in [0.717, 1.165) is 12.8 Å². The smallest absolute Gasteiger partial charge is 0.338 e. The lowest BCUT2D eigenvalue weighted by atomic mass is 9.93. The molecule has 0 unspecified atom stereocenters. The molecule has 0 aliphatic heterocycles. The molecule has 1 aromatic rings. The summed E-state index contributed by atoms with van der Waals surface area (Å²) in [6, 6.07) is 6.39. The SMILES string of the molecule is CC(C)(C)CCOC(=O)c1ccc(C(=O)OCCC(C)(C)C)cc1. The molecule has 0 saturated carbocycles. The number of carbonyl (C=O) groups excluding carboxylic acids is 2. The number of ether oxygens (including phenoxy) is 2. The molecule has 1 aromatic carbocycles. The van der Waals surface area contributed by atoms with Crippen LogP contribution in [0.3, 0.4) is 0 Å². The molecule has 0 aliphatic rings. The van der Waals surface area contributed by atoms with Crippen LogP contribution in [0.25, 0.3) is 0 Å². The third-order valence-electron chi connectivity index (χ3n) is 3.53. The highest BCUT2D eigenvalue weighted by Gasteiger charge is 2.15. The number of esters is 2. The average molecular weight is 334 g/mol. The van der Waals surface area contributed by atoms with Gasteiger partial charge in [-0.05, 0) is 47.9 Å². The van der Waals surface area contributed by atoms with Crippen LogP contribution in [0.4, 0.5) is 0 Å². The van der Waals surface area contributed by atoms with E-state index in [-0.39, 0.29) is 22.8 Å². The predicted molar refractivity (Wildman–Crippen MR) is 95.2 cm³/mol. The molecule has 0 heterocycles. The molecule has 0 N–H and O–H groups in total. The summed E-state index contributed by atoms with van der Waals surface area (Å²) >= 11 is 0. The molecule has 0 spiro atoms. The van der Waals surface area contributed by atoms with Gasteiger partial charge in [-0.3, -0.25) is 0 Å². The third-order valence-corrected chi connectivity index (χ3v) is 3.53. The third kappa shape index (κ3) is 8.14. The van der Waals surface area contributed by atoms with Crippen molar-refractivity contribution < 1.29 is 19.1 Å². The number of carbonyl (C=O) groups is 2. The maximum Gasteiger partial charge on any atom is 0.338 e. The summed E-state index contributed by atoms with van der Waals surface area (Å²) in [6.45, 7) is 13.4. The fraction of sp³-hybridized carbons (Fsp3) is 0.600. The molecule has 4 heteroatoms. The summed E-state index contributed by atoms with van der Waals surface area (Å²) in [4.78, 5) is 23.9. The van der Waals surface area contributed by atoms with Gasteiger partial charge in [-0.2, -0.15) is 0 Å². The Kier molecular flexibility index (Phi) is 7.00. The van der Waals surface area contributed by atoms with Crippen molar-refractivity contribution in [2.45, 2.75) is 54.4 Å². The van der Waals surface area contributed by atoms with Crippen molar-refractivity contribution in [1.29, 1.82) is 0 Å². The van der Waals surface area contributed by atoms with Gasteiger partial charge in [0.25, 0.3) is 0 Å². The molecule has 0 bridgehead atoms. The minimum Gasteiger partial charge on any atom is -0.462 e. The van der Waals surface area contributed by atoms with Crippen molar-refractivity contribution in [1.82, 2.24) is 0 Å². The van der Waals surface area contributed by atoms with E-state index in [1.54, 1.807) is 24.3 Å². The van der Waals surface area contributed by atoms with Gasteiger partial charge in [-0.15, -0.1) is 0 Å². The van der Waals surface area contributed by atoms with Crippen LogP contribution in [0.15, 0.2) is 24.3 Å². The molecule has 134 valence electrons. The molecule has 0 aliphatic carbocycles. The Labute approximate surface area is 145 Å². The molecular weight excluding hydrogens is 304 g/mol. The van der Waals surface area contributed by atoms with E-state index in [1.165, 1.54) is 0 Å². The molecule has 0 radical (unpaired) electrons. The van der Waals surface area contributed by atoms with Crippen molar-refractivity contribution in [3.05, 3.63) is 35.4 Å². The first kappa shape index (κ1) is 20.2. The Morgan fingerprint density at radius 3 is 1.25 bits per heavy atom. The Hall–Kier alpha value is -1.84. The van der Waals surface area contributed by atoms with Crippen LogP contribution in [0.5, 0.6) is 0 Å². The fourth-order valence-electron chi connectivity index (χ4n) is 1.81. The van der Waals surface area contributed by atoms with Gasteiger partial charge in [-0.25, -0.2) is 9.59 Å². The molecule has 4 nitrogen and oxygen atoms in total. The highest BCUT2D eigenvalue weighted by molar-refractivity contribution is 5.93. The topological polar surface area (TPSA) is 52.6 Å². The highest BCUT2D eigenvalue weighted by atomic mass is 16.5. The van der Waals surface area contributed by atoms with Crippen LogP contribution in [0.1, 0.15) is 75.1 Å². The van der Waals surface area contributed by atoms with Gasteiger partial charge in [0.2, 0.25) is 0 Å². The van der Waals surface area contributed by atoms with E-state index in [4.69, 9.17) is 9.47 Å². The minimum absolute atomic E-state index is 0.126. The number of hydrogen-bond acceptors (Lipinski definition) is 4. The molecule has 0 fully saturated rings. The zero-order valence-corrected chi connectivity index (χ0v) is 15.8. The Morgan fingerprint density at radius 1 is 0.708 bits per heavy atom. The van der Waals surface area contributed by atoms with Gasteiger partial charge in [0.15, 0.2) is 0 Å². The lowest BCUT2D eigenvalue weighted by molar-refractivity contribution is 0.0449. The first-order valence-corrected chi connectivity index (χ1v) is 8.42. The summed E-state index contributed by atoms with van der Waals surface area (Å²) in [6.07, 6.45) is 1.61. The van der Waals surface area contributed by atoms with Gasteiger partial charge in [0.1, 0.15) is 0 Å². The van der Waals surface area contributed by atoms with Crippen LogP contribution in [0, 0.1) is 10.8 Å². The monoisotopic (exact) mass is 334 g/mol. The quantitative estimate of drug-likeness (QED) is 0.696. The van der Waals surface area contributed by atoms with Crippen LogP contribution < -0.4 is 0 Å².